The molecule has 0 radical (unpaired) electrons. The largest absolute Gasteiger partial charge is 0.394 e. The van der Waals surface area contributed by atoms with E-state index in [1.54, 1.807) is 0 Å². The molecule has 0 spiro atoms. The van der Waals surface area contributed by atoms with Crippen LogP contribution < -0.4 is 5.32 Å². The second-order valence-corrected chi connectivity index (χ2v) is 6.43. The summed E-state index contributed by atoms with van der Waals surface area (Å²) in [6.07, 6.45) is -3.55. The van der Waals surface area contributed by atoms with E-state index in [2.05, 4.69) is 30.3 Å². The number of fused-ring (bicyclic) bond motifs is 1. The van der Waals surface area contributed by atoms with Crippen molar-refractivity contribution in [3.8, 4) is 0 Å². The van der Waals surface area contributed by atoms with Gasteiger partial charge in [0.05, 0.1) is 6.61 Å². The number of imidazole rings is 1. The van der Waals surface area contributed by atoms with Gasteiger partial charge in [-0.2, -0.15) is 0 Å². The number of hydrogen-bond donors (Lipinski definition) is 4. The van der Waals surface area contributed by atoms with Crippen LogP contribution in [0.1, 0.15) is 11.8 Å². The van der Waals surface area contributed by atoms with E-state index in [9.17, 15) is 15.3 Å². The van der Waals surface area contributed by atoms with Crippen LogP contribution in [0.25, 0.3) is 21.6 Å². The summed E-state index contributed by atoms with van der Waals surface area (Å²) in [5, 5.41) is 36.5. The molecule has 150 valence electrons. The highest BCUT2D eigenvalue weighted by Crippen LogP contribution is 2.36. The molecule has 1 saturated heterocycles. The summed E-state index contributed by atoms with van der Waals surface area (Å²) in [4.78, 5) is 15.4. The lowest BCUT2D eigenvalue weighted by Crippen LogP contribution is -2.33. The molecule has 0 unspecified atom stereocenters. The van der Waals surface area contributed by atoms with Gasteiger partial charge in [0, 0.05) is 11.5 Å². The quantitative estimate of drug-likeness (QED) is 0.270. The molecule has 0 aliphatic carbocycles. The fraction of sp³-hybridized carbons (Fsp3) is 0.353. The number of rotatable bonds is 6. The standard InChI is InChI=1S/C17H18N8O4/c18-24-23-17-22-11-14(19-6-9-4-2-1-3-5-9)20-8-21-15(11)25(17)16-13(28)12(27)10(7-26)29-16/h1-5,8,10,12-13,16,26-28H,6-7H2,(H,19,20,21)/t10-,12-,13-,16-/m1/s1. The van der Waals surface area contributed by atoms with Crippen molar-refractivity contribution in [3.05, 3.63) is 52.7 Å². The Kier molecular flexibility index (Phi) is 5.25. The second-order valence-electron chi connectivity index (χ2n) is 6.43. The van der Waals surface area contributed by atoms with Gasteiger partial charge in [-0.05, 0) is 16.2 Å². The van der Waals surface area contributed by atoms with E-state index < -0.39 is 31.1 Å². The van der Waals surface area contributed by atoms with Crippen molar-refractivity contribution in [1.29, 1.82) is 0 Å². The highest BCUT2D eigenvalue weighted by molar-refractivity contribution is 5.85. The normalized spacial score (nSPS) is 23.8. The van der Waals surface area contributed by atoms with Crippen molar-refractivity contribution in [1.82, 2.24) is 19.5 Å². The molecule has 2 aromatic heterocycles. The highest BCUT2D eigenvalue weighted by atomic mass is 16.6. The molecule has 1 aromatic carbocycles. The first kappa shape index (κ1) is 19.1. The van der Waals surface area contributed by atoms with E-state index in [-0.39, 0.29) is 11.6 Å². The van der Waals surface area contributed by atoms with Crippen molar-refractivity contribution in [2.24, 2.45) is 5.11 Å². The van der Waals surface area contributed by atoms with Crippen LogP contribution in [-0.2, 0) is 11.3 Å². The van der Waals surface area contributed by atoms with Gasteiger partial charge in [-0.15, -0.1) is 0 Å². The summed E-state index contributed by atoms with van der Waals surface area (Å²) in [5.74, 6) is 0.291. The Balaban J connectivity index is 1.75. The molecule has 12 heteroatoms. The van der Waals surface area contributed by atoms with E-state index in [4.69, 9.17) is 10.3 Å². The van der Waals surface area contributed by atoms with Crippen LogP contribution in [0.3, 0.4) is 0 Å². The predicted molar refractivity (Wildman–Crippen MR) is 101 cm³/mol. The molecular formula is C17H18N8O4. The van der Waals surface area contributed by atoms with Gasteiger partial charge in [0.25, 0.3) is 0 Å². The Hall–Kier alpha value is -3.28. The summed E-state index contributed by atoms with van der Waals surface area (Å²) in [7, 11) is 0. The summed E-state index contributed by atoms with van der Waals surface area (Å²) in [6, 6.07) is 9.66. The third kappa shape index (κ3) is 3.46. The first-order valence-electron chi connectivity index (χ1n) is 8.82. The summed E-state index contributed by atoms with van der Waals surface area (Å²) < 4.78 is 6.84. The molecule has 3 aromatic rings. The van der Waals surface area contributed by atoms with Crippen LogP contribution in [0.4, 0.5) is 11.8 Å². The van der Waals surface area contributed by atoms with Crippen LogP contribution in [-0.4, -0.2) is 59.8 Å². The van der Waals surface area contributed by atoms with E-state index in [0.29, 0.717) is 17.9 Å². The first-order valence-corrected chi connectivity index (χ1v) is 8.82. The van der Waals surface area contributed by atoms with Gasteiger partial charge in [0.2, 0.25) is 5.95 Å². The lowest BCUT2D eigenvalue weighted by atomic mass is 10.1. The molecule has 1 fully saturated rings. The number of aromatic nitrogens is 4. The van der Waals surface area contributed by atoms with Gasteiger partial charge in [-0.25, -0.2) is 15.0 Å². The Bertz CT molecular complexity index is 1050. The van der Waals surface area contributed by atoms with Crippen molar-refractivity contribution >= 4 is 22.9 Å². The fourth-order valence-corrected chi connectivity index (χ4v) is 3.25. The molecule has 0 bridgehead atoms. The fourth-order valence-electron chi connectivity index (χ4n) is 3.25. The summed E-state index contributed by atoms with van der Waals surface area (Å²) in [5.41, 5.74) is 10.5. The Morgan fingerprint density at radius 2 is 2.00 bits per heavy atom. The Morgan fingerprint density at radius 3 is 2.69 bits per heavy atom. The van der Waals surface area contributed by atoms with Crippen LogP contribution >= 0.6 is 0 Å². The molecule has 0 saturated carbocycles. The van der Waals surface area contributed by atoms with Crippen LogP contribution in [0.5, 0.6) is 0 Å². The number of nitrogens with one attached hydrogen (secondary N) is 1. The van der Waals surface area contributed by atoms with Crippen molar-refractivity contribution < 1.29 is 20.1 Å². The number of benzene rings is 1. The zero-order chi connectivity index (χ0) is 20.4. The van der Waals surface area contributed by atoms with Crippen molar-refractivity contribution in [2.45, 2.75) is 31.1 Å². The van der Waals surface area contributed by atoms with Gasteiger partial charge < -0.3 is 25.4 Å². The maximum absolute atomic E-state index is 10.4. The average Bonchev–Trinajstić information content (AvgIpc) is 3.24. The van der Waals surface area contributed by atoms with E-state index >= 15 is 0 Å². The molecule has 1 aliphatic rings. The SMILES string of the molecule is [N-]=[N+]=Nc1nc2c(NCc3ccccc3)ncnc2n1[C@@H]1O[C@H](CO)[C@@H](O)[C@H]1O. The first-order chi connectivity index (χ1) is 14.1. The number of nitrogens with zero attached hydrogens (tertiary/aromatic N) is 7. The van der Waals surface area contributed by atoms with Crippen LogP contribution in [0.15, 0.2) is 41.8 Å². The average molecular weight is 398 g/mol. The zero-order valence-electron chi connectivity index (χ0n) is 15.1. The molecule has 3 heterocycles. The lowest BCUT2D eigenvalue weighted by molar-refractivity contribution is -0.0502. The lowest BCUT2D eigenvalue weighted by Gasteiger charge is -2.18. The van der Waals surface area contributed by atoms with Gasteiger partial charge >= 0.3 is 0 Å². The number of ether oxygens (including phenoxy) is 1. The number of aliphatic hydroxyl groups is 3. The highest BCUT2D eigenvalue weighted by Gasteiger charge is 2.44. The molecule has 1 aliphatic heterocycles. The Labute approximate surface area is 164 Å². The van der Waals surface area contributed by atoms with Gasteiger partial charge in [-0.3, -0.25) is 4.57 Å². The third-order valence-corrected chi connectivity index (χ3v) is 4.67. The molecule has 29 heavy (non-hydrogen) atoms. The summed E-state index contributed by atoms with van der Waals surface area (Å²) in [6.45, 7) is -0.0123. The monoisotopic (exact) mass is 398 g/mol. The molecule has 4 N–H and O–H groups in total. The topological polar surface area (TPSA) is 174 Å². The summed E-state index contributed by atoms with van der Waals surface area (Å²) >= 11 is 0. The Morgan fingerprint density at radius 1 is 1.21 bits per heavy atom. The van der Waals surface area contributed by atoms with E-state index in [1.165, 1.54) is 10.9 Å². The molecule has 12 nitrogen and oxygen atoms in total. The maximum atomic E-state index is 10.4. The number of anilines is 1. The van der Waals surface area contributed by atoms with Crippen molar-refractivity contribution in [2.75, 3.05) is 11.9 Å². The molecule has 0 amide bonds. The number of hydrogen-bond acceptors (Lipinski definition) is 9. The van der Waals surface area contributed by atoms with Gasteiger partial charge in [0.15, 0.2) is 23.2 Å². The van der Waals surface area contributed by atoms with Crippen molar-refractivity contribution in [3.63, 3.8) is 0 Å². The zero-order valence-corrected chi connectivity index (χ0v) is 15.1. The predicted octanol–water partition coefficient (Wildman–Crippen LogP) is 0.992. The van der Waals surface area contributed by atoms with Crippen LogP contribution in [0, 0.1) is 0 Å². The minimum atomic E-state index is -1.38. The van der Waals surface area contributed by atoms with Gasteiger partial charge in [-0.1, -0.05) is 30.3 Å². The third-order valence-electron chi connectivity index (χ3n) is 4.67. The maximum Gasteiger partial charge on any atom is 0.201 e. The molecule has 4 rings (SSSR count). The minimum Gasteiger partial charge on any atom is -0.394 e. The van der Waals surface area contributed by atoms with Gasteiger partial charge in [0.1, 0.15) is 24.6 Å². The number of aliphatic hydroxyl groups excluding tert-OH is 3. The van der Waals surface area contributed by atoms with Crippen LogP contribution in [0.2, 0.25) is 0 Å². The van der Waals surface area contributed by atoms with E-state index in [1.807, 2.05) is 30.3 Å². The molecular weight excluding hydrogens is 380 g/mol. The molecule has 4 atom stereocenters. The minimum absolute atomic E-state index is 0.111. The number of azide groups is 1. The smallest absolute Gasteiger partial charge is 0.201 e. The van der Waals surface area contributed by atoms with E-state index in [0.717, 1.165) is 5.56 Å². The second kappa shape index (κ2) is 7.99.